The zero-order valence-corrected chi connectivity index (χ0v) is 15.2. The Labute approximate surface area is 147 Å². The Bertz CT molecular complexity index is 689. The first kappa shape index (κ1) is 20.8. The van der Waals surface area contributed by atoms with Gasteiger partial charge >= 0.3 is 5.97 Å². The van der Waals surface area contributed by atoms with Crippen LogP contribution in [0.15, 0.2) is 23.1 Å². The minimum atomic E-state index is -3.97. The average molecular weight is 381 g/mol. The van der Waals surface area contributed by atoms with Crippen molar-refractivity contribution in [3.63, 3.8) is 0 Å². The lowest BCUT2D eigenvalue weighted by atomic mass is 9.92. The third kappa shape index (κ3) is 4.24. The van der Waals surface area contributed by atoms with E-state index in [0.717, 1.165) is 25.3 Å². The van der Waals surface area contributed by atoms with Crippen LogP contribution in [0.4, 0.5) is 4.39 Å². The van der Waals surface area contributed by atoms with E-state index in [1.165, 1.54) is 4.31 Å². The van der Waals surface area contributed by atoms with Crippen molar-refractivity contribution in [1.29, 1.82) is 0 Å². The van der Waals surface area contributed by atoms with Crippen LogP contribution in [-0.4, -0.2) is 44.9 Å². The quantitative estimate of drug-likeness (QED) is 0.804. The average Bonchev–Trinajstić information content (AvgIpc) is 2.54. The van der Waals surface area contributed by atoms with Gasteiger partial charge in [0.2, 0.25) is 10.0 Å². The number of hydrogen-bond donors (Lipinski definition) is 1. The molecule has 0 aromatic heterocycles. The van der Waals surface area contributed by atoms with Gasteiger partial charge in [-0.25, -0.2) is 17.6 Å². The van der Waals surface area contributed by atoms with Gasteiger partial charge in [0.25, 0.3) is 0 Å². The number of nitrogens with zero attached hydrogens (tertiary/aromatic N) is 1. The maximum absolute atomic E-state index is 13.5. The highest BCUT2D eigenvalue weighted by molar-refractivity contribution is 7.89. The molecular weight excluding hydrogens is 359 g/mol. The second-order valence-corrected chi connectivity index (χ2v) is 7.64. The van der Waals surface area contributed by atoms with Crippen LogP contribution in [0.1, 0.15) is 30.1 Å². The number of benzene rings is 1. The van der Waals surface area contributed by atoms with E-state index in [-0.39, 0.29) is 34.8 Å². The lowest BCUT2D eigenvalue weighted by Crippen LogP contribution is -2.42. The Morgan fingerprint density at radius 1 is 1.38 bits per heavy atom. The van der Waals surface area contributed by atoms with Gasteiger partial charge in [0, 0.05) is 19.1 Å². The van der Waals surface area contributed by atoms with E-state index in [2.05, 4.69) is 4.74 Å². The monoisotopic (exact) mass is 380 g/mol. The molecule has 1 unspecified atom stereocenters. The molecule has 2 N–H and O–H groups in total. The number of carbonyl (C=O) groups is 1. The third-order valence-electron chi connectivity index (χ3n) is 4.21. The first-order valence-corrected chi connectivity index (χ1v) is 8.85. The molecule has 1 aromatic carbocycles. The minimum absolute atomic E-state index is 0. The smallest absolute Gasteiger partial charge is 0.339 e. The second kappa shape index (κ2) is 8.24. The molecule has 1 atom stereocenters. The number of ether oxygens (including phenoxy) is 1. The molecule has 1 heterocycles. The van der Waals surface area contributed by atoms with Crippen molar-refractivity contribution < 1.29 is 22.3 Å². The minimum Gasteiger partial charge on any atom is -0.465 e. The molecule has 24 heavy (non-hydrogen) atoms. The molecule has 1 aromatic rings. The van der Waals surface area contributed by atoms with Gasteiger partial charge in [-0.05, 0) is 43.9 Å². The molecule has 0 bridgehead atoms. The summed E-state index contributed by atoms with van der Waals surface area (Å²) in [6.07, 6.45) is 1.28. The zero-order chi connectivity index (χ0) is 17.2. The van der Waals surface area contributed by atoms with Crippen molar-refractivity contribution in [2.75, 3.05) is 20.2 Å². The van der Waals surface area contributed by atoms with Crippen molar-refractivity contribution in [1.82, 2.24) is 4.31 Å². The van der Waals surface area contributed by atoms with Crippen molar-refractivity contribution in [3.8, 4) is 0 Å². The summed E-state index contributed by atoms with van der Waals surface area (Å²) < 4.78 is 44.9. The van der Waals surface area contributed by atoms with E-state index in [1.54, 1.807) is 0 Å². The fraction of sp³-hybridized carbons (Fsp3) is 0.533. The van der Waals surface area contributed by atoms with E-state index in [1.807, 2.05) is 6.92 Å². The fourth-order valence-corrected chi connectivity index (χ4v) is 4.43. The van der Waals surface area contributed by atoms with Crippen molar-refractivity contribution >= 4 is 28.4 Å². The van der Waals surface area contributed by atoms with Gasteiger partial charge < -0.3 is 10.5 Å². The van der Waals surface area contributed by atoms with Gasteiger partial charge in [-0.1, -0.05) is 0 Å². The van der Waals surface area contributed by atoms with E-state index < -0.39 is 21.8 Å². The van der Waals surface area contributed by atoms with Crippen LogP contribution in [-0.2, 0) is 14.8 Å². The van der Waals surface area contributed by atoms with E-state index >= 15 is 0 Å². The first-order valence-electron chi connectivity index (χ1n) is 7.41. The molecule has 9 heteroatoms. The van der Waals surface area contributed by atoms with Crippen LogP contribution in [0, 0.1) is 11.7 Å². The predicted molar refractivity (Wildman–Crippen MR) is 90.1 cm³/mol. The van der Waals surface area contributed by atoms with Gasteiger partial charge in [-0.15, -0.1) is 12.4 Å². The molecule has 0 amide bonds. The summed E-state index contributed by atoms with van der Waals surface area (Å²) in [6.45, 7) is 2.49. The summed E-state index contributed by atoms with van der Waals surface area (Å²) in [7, 11) is -2.82. The molecular formula is C15H22ClFN2O4S. The molecule has 1 aliphatic rings. The van der Waals surface area contributed by atoms with E-state index in [4.69, 9.17) is 5.73 Å². The number of halogens is 2. The lowest BCUT2D eigenvalue weighted by Gasteiger charge is -2.33. The Hall–Kier alpha value is -1.22. The fourth-order valence-electron chi connectivity index (χ4n) is 2.77. The van der Waals surface area contributed by atoms with E-state index in [9.17, 15) is 17.6 Å². The number of rotatable bonds is 4. The number of methoxy groups -OCH3 is 1. The number of esters is 1. The standard InChI is InChI=1S/C15H21FN2O4S.ClH/c1-10(17)11-5-7-18(8-6-11)23(20,21)14-9-12(16)3-4-13(14)15(19)22-2;/h3-4,9-11H,5-8,17H2,1-2H3;1H. The summed E-state index contributed by atoms with van der Waals surface area (Å²) in [4.78, 5) is 11.4. The van der Waals surface area contributed by atoms with Crippen molar-refractivity contribution in [3.05, 3.63) is 29.6 Å². The largest absolute Gasteiger partial charge is 0.465 e. The molecule has 1 saturated heterocycles. The molecule has 1 aliphatic heterocycles. The summed E-state index contributed by atoms with van der Waals surface area (Å²) in [6, 6.07) is 3.02. The summed E-state index contributed by atoms with van der Waals surface area (Å²) >= 11 is 0. The third-order valence-corrected chi connectivity index (χ3v) is 6.15. The summed E-state index contributed by atoms with van der Waals surface area (Å²) in [5.41, 5.74) is 5.69. The highest BCUT2D eigenvalue weighted by Gasteiger charge is 2.33. The van der Waals surface area contributed by atoms with Crippen molar-refractivity contribution in [2.45, 2.75) is 30.7 Å². The van der Waals surface area contributed by atoms with Crippen LogP contribution in [0.5, 0.6) is 0 Å². The maximum atomic E-state index is 13.5. The molecule has 6 nitrogen and oxygen atoms in total. The first-order chi connectivity index (χ1) is 10.8. The molecule has 0 saturated carbocycles. The van der Waals surface area contributed by atoms with Crippen molar-refractivity contribution in [2.24, 2.45) is 11.7 Å². The molecule has 0 aliphatic carbocycles. The number of piperidine rings is 1. The Morgan fingerprint density at radius 3 is 2.46 bits per heavy atom. The summed E-state index contributed by atoms with van der Waals surface area (Å²) in [5.74, 6) is -1.27. The SMILES string of the molecule is COC(=O)c1ccc(F)cc1S(=O)(=O)N1CCC(C(C)N)CC1.Cl. The Balaban J connectivity index is 0.00000288. The lowest BCUT2D eigenvalue weighted by molar-refractivity contribution is 0.0596. The predicted octanol–water partition coefficient (Wildman–Crippen LogP) is 1.78. The Morgan fingerprint density at radius 2 is 1.96 bits per heavy atom. The number of carbonyl (C=O) groups excluding carboxylic acids is 1. The molecule has 2 rings (SSSR count). The van der Waals surface area contributed by atoms with Gasteiger partial charge in [0.1, 0.15) is 5.82 Å². The van der Waals surface area contributed by atoms with Crippen LogP contribution >= 0.6 is 12.4 Å². The van der Waals surface area contributed by atoms with Crippen LogP contribution < -0.4 is 5.73 Å². The number of nitrogens with two attached hydrogens (primary N) is 1. The summed E-state index contributed by atoms with van der Waals surface area (Å²) in [5, 5.41) is 0. The topological polar surface area (TPSA) is 89.7 Å². The number of sulfonamides is 1. The van der Waals surface area contributed by atoms with Gasteiger partial charge in [0.05, 0.1) is 17.6 Å². The van der Waals surface area contributed by atoms with E-state index in [0.29, 0.717) is 25.9 Å². The maximum Gasteiger partial charge on any atom is 0.339 e. The van der Waals surface area contributed by atoms with Gasteiger partial charge in [-0.3, -0.25) is 0 Å². The normalized spacial score (nSPS) is 17.8. The van der Waals surface area contributed by atoms with Gasteiger partial charge in [-0.2, -0.15) is 4.31 Å². The number of hydrogen-bond acceptors (Lipinski definition) is 5. The zero-order valence-electron chi connectivity index (χ0n) is 13.6. The second-order valence-electron chi connectivity index (χ2n) is 5.73. The molecule has 136 valence electrons. The molecule has 1 fully saturated rings. The van der Waals surface area contributed by atoms with Gasteiger partial charge in [0.15, 0.2) is 0 Å². The molecule has 0 radical (unpaired) electrons. The highest BCUT2D eigenvalue weighted by atomic mass is 35.5. The van der Waals surface area contributed by atoms with Crippen LogP contribution in [0.3, 0.4) is 0 Å². The van der Waals surface area contributed by atoms with Crippen LogP contribution in [0.2, 0.25) is 0 Å². The van der Waals surface area contributed by atoms with Crippen LogP contribution in [0.25, 0.3) is 0 Å². The molecule has 0 spiro atoms. The highest BCUT2D eigenvalue weighted by Crippen LogP contribution is 2.27. The Kier molecular flexibility index (Phi) is 7.15.